The Morgan fingerprint density at radius 3 is 2.21 bits per heavy atom. The van der Waals surface area contributed by atoms with Crippen molar-refractivity contribution in [2.45, 2.75) is 20.4 Å². The number of aryl methyl sites for hydroxylation is 2. The molecule has 0 aliphatic carbocycles. The van der Waals surface area contributed by atoms with E-state index in [9.17, 15) is 9.59 Å². The number of hydrogen-bond donors (Lipinski definition) is 1. The number of hydrogen-bond acceptors (Lipinski definition) is 3. The van der Waals surface area contributed by atoms with Crippen LogP contribution in [-0.4, -0.2) is 48.8 Å². The third kappa shape index (κ3) is 6.23. The van der Waals surface area contributed by atoms with Gasteiger partial charge in [-0.3, -0.25) is 14.5 Å². The Morgan fingerprint density at radius 1 is 0.964 bits per heavy atom. The summed E-state index contributed by atoms with van der Waals surface area (Å²) in [4.78, 5) is 28.1. The second-order valence-corrected chi connectivity index (χ2v) is 7.80. The molecule has 0 atom stereocenters. The van der Waals surface area contributed by atoms with Crippen molar-refractivity contribution >= 4 is 40.7 Å². The van der Waals surface area contributed by atoms with Gasteiger partial charge in [-0.1, -0.05) is 47.5 Å². The van der Waals surface area contributed by atoms with Crippen molar-refractivity contribution in [1.29, 1.82) is 0 Å². The summed E-state index contributed by atoms with van der Waals surface area (Å²) in [5.41, 5.74) is 3.73. The number of likely N-dealkylation sites (N-methyl/N-ethyl adjacent to an activating group) is 2. The summed E-state index contributed by atoms with van der Waals surface area (Å²) in [5.74, 6) is -0.361. The molecule has 0 radical (unpaired) electrons. The number of carbonyl (C=O) groups is 2. The van der Waals surface area contributed by atoms with Gasteiger partial charge < -0.3 is 10.2 Å². The van der Waals surface area contributed by atoms with E-state index >= 15 is 0 Å². The highest BCUT2D eigenvalue weighted by Gasteiger charge is 2.16. The van der Waals surface area contributed by atoms with Gasteiger partial charge in [0.1, 0.15) is 0 Å². The van der Waals surface area contributed by atoms with Crippen molar-refractivity contribution in [3.05, 3.63) is 63.1 Å². The second-order valence-electron chi connectivity index (χ2n) is 6.99. The van der Waals surface area contributed by atoms with E-state index in [0.29, 0.717) is 16.6 Å². The van der Waals surface area contributed by atoms with Crippen molar-refractivity contribution in [2.24, 2.45) is 0 Å². The third-order valence-corrected chi connectivity index (χ3v) is 5.13. The Morgan fingerprint density at radius 2 is 1.61 bits per heavy atom. The lowest BCUT2D eigenvalue weighted by Crippen LogP contribution is -2.40. The van der Waals surface area contributed by atoms with Crippen LogP contribution in [0.3, 0.4) is 0 Å². The van der Waals surface area contributed by atoms with Gasteiger partial charge in [-0.05, 0) is 49.7 Å². The summed E-state index contributed by atoms with van der Waals surface area (Å²) in [6, 6.07) is 11.2. The molecule has 0 saturated heterocycles. The maximum Gasteiger partial charge on any atom is 0.243 e. The maximum atomic E-state index is 12.4. The molecule has 0 saturated carbocycles. The van der Waals surface area contributed by atoms with Crippen molar-refractivity contribution in [3.63, 3.8) is 0 Å². The lowest BCUT2D eigenvalue weighted by atomic mass is 10.1. The molecule has 28 heavy (non-hydrogen) atoms. The van der Waals surface area contributed by atoms with Crippen LogP contribution in [0.4, 0.5) is 5.69 Å². The highest BCUT2D eigenvalue weighted by atomic mass is 35.5. The molecule has 0 heterocycles. The highest BCUT2D eigenvalue weighted by Crippen LogP contribution is 2.23. The van der Waals surface area contributed by atoms with Crippen LogP contribution in [0.2, 0.25) is 10.0 Å². The van der Waals surface area contributed by atoms with Gasteiger partial charge in [0, 0.05) is 19.3 Å². The van der Waals surface area contributed by atoms with Crippen molar-refractivity contribution in [1.82, 2.24) is 9.80 Å². The minimum absolute atomic E-state index is 0.00673. The van der Waals surface area contributed by atoms with Crippen molar-refractivity contribution in [3.8, 4) is 0 Å². The van der Waals surface area contributed by atoms with Crippen LogP contribution in [0.5, 0.6) is 0 Å². The van der Waals surface area contributed by atoms with Gasteiger partial charge in [0.25, 0.3) is 0 Å². The Labute approximate surface area is 176 Å². The van der Waals surface area contributed by atoms with Gasteiger partial charge in [0.05, 0.1) is 23.1 Å². The minimum atomic E-state index is -0.222. The molecule has 0 aliphatic rings. The number of benzene rings is 2. The molecule has 2 amide bonds. The summed E-state index contributed by atoms with van der Waals surface area (Å²) in [7, 11) is 3.46. The summed E-state index contributed by atoms with van der Waals surface area (Å²) >= 11 is 12.0. The van der Waals surface area contributed by atoms with Crippen LogP contribution in [0, 0.1) is 13.8 Å². The quantitative estimate of drug-likeness (QED) is 0.730. The van der Waals surface area contributed by atoms with Crippen LogP contribution in [0.25, 0.3) is 0 Å². The molecule has 150 valence electrons. The first-order valence-electron chi connectivity index (χ1n) is 8.90. The monoisotopic (exact) mass is 421 g/mol. The summed E-state index contributed by atoms with van der Waals surface area (Å²) in [6.07, 6.45) is 0. The third-order valence-electron chi connectivity index (χ3n) is 4.39. The van der Waals surface area contributed by atoms with E-state index in [2.05, 4.69) is 5.32 Å². The van der Waals surface area contributed by atoms with E-state index in [0.717, 1.165) is 22.4 Å². The van der Waals surface area contributed by atoms with Crippen LogP contribution >= 0.6 is 23.2 Å². The molecular weight excluding hydrogens is 397 g/mol. The Kier molecular flexibility index (Phi) is 7.87. The molecule has 0 bridgehead atoms. The van der Waals surface area contributed by atoms with E-state index in [1.807, 2.05) is 50.1 Å². The molecule has 7 heteroatoms. The SMILES string of the molecule is Cc1cccc(C)c1NC(=O)CN(C)C(=O)CN(C)Cc1ccc(Cl)c(Cl)c1. The zero-order valence-electron chi connectivity index (χ0n) is 16.6. The number of carbonyl (C=O) groups excluding carboxylic acids is 2. The molecule has 2 rings (SSSR count). The molecule has 0 aromatic heterocycles. The number of halogens is 2. The van der Waals surface area contributed by atoms with Crippen LogP contribution in [-0.2, 0) is 16.1 Å². The van der Waals surface area contributed by atoms with E-state index < -0.39 is 0 Å². The summed E-state index contributed by atoms with van der Waals surface area (Å²) in [5, 5.41) is 3.88. The number of amides is 2. The molecule has 0 aliphatic heterocycles. The van der Waals surface area contributed by atoms with Gasteiger partial charge in [0.15, 0.2) is 0 Å². The lowest BCUT2D eigenvalue weighted by Gasteiger charge is -2.22. The van der Waals surface area contributed by atoms with Crippen molar-refractivity contribution < 1.29 is 9.59 Å². The Hall–Kier alpha value is -2.08. The molecule has 5 nitrogen and oxygen atoms in total. The van der Waals surface area contributed by atoms with Gasteiger partial charge in [-0.2, -0.15) is 0 Å². The fourth-order valence-corrected chi connectivity index (χ4v) is 3.17. The molecule has 2 aromatic rings. The standard InChI is InChI=1S/C21H25Cl2N3O2/c1-14-6-5-7-15(2)21(14)24-19(27)12-26(4)20(28)13-25(3)11-16-8-9-17(22)18(23)10-16/h5-10H,11-13H2,1-4H3,(H,24,27). The fourth-order valence-electron chi connectivity index (χ4n) is 2.85. The normalized spacial score (nSPS) is 10.8. The topological polar surface area (TPSA) is 52.7 Å². The first kappa shape index (κ1) is 22.2. The number of rotatable bonds is 7. The largest absolute Gasteiger partial charge is 0.335 e. The lowest BCUT2D eigenvalue weighted by molar-refractivity contribution is -0.134. The Balaban J connectivity index is 1.87. The number of nitrogens with zero attached hydrogens (tertiary/aromatic N) is 2. The molecule has 1 N–H and O–H groups in total. The van der Waals surface area contributed by atoms with Crippen molar-refractivity contribution in [2.75, 3.05) is 32.5 Å². The smallest absolute Gasteiger partial charge is 0.243 e. The van der Waals surface area contributed by atoms with Crippen LogP contribution in [0.1, 0.15) is 16.7 Å². The van der Waals surface area contributed by atoms with E-state index in [4.69, 9.17) is 23.2 Å². The first-order chi connectivity index (χ1) is 13.2. The van der Waals surface area contributed by atoms with Gasteiger partial charge in [-0.15, -0.1) is 0 Å². The number of nitrogens with one attached hydrogen (secondary N) is 1. The zero-order valence-corrected chi connectivity index (χ0v) is 18.1. The molecule has 0 fully saturated rings. The minimum Gasteiger partial charge on any atom is -0.335 e. The second kappa shape index (κ2) is 9.92. The summed E-state index contributed by atoms with van der Waals surface area (Å²) in [6.45, 7) is 4.61. The van der Waals surface area contributed by atoms with E-state index in [-0.39, 0.29) is 24.9 Å². The Bertz CT molecular complexity index is 850. The number of para-hydroxylation sites is 1. The summed E-state index contributed by atoms with van der Waals surface area (Å²) < 4.78 is 0. The van der Waals surface area contributed by atoms with Gasteiger partial charge >= 0.3 is 0 Å². The molecule has 0 unspecified atom stereocenters. The molecule has 0 spiro atoms. The predicted molar refractivity (Wildman–Crippen MR) is 115 cm³/mol. The first-order valence-corrected chi connectivity index (χ1v) is 9.65. The predicted octanol–water partition coefficient (Wildman–Crippen LogP) is 4.14. The van der Waals surface area contributed by atoms with E-state index in [1.165, 1.54) is 4.90 Å². The maximum absolute atomic E-state index is 12.4. The molecular formula is C21H25Cl2N3O2. The molecule has 2 aromatic carbocycles. The zero-order chi connectivity index (χ0) is 20.8. The average molecular weight is 422 g/mol. The highest BCUT2D eigenvalue weighted by molar-refractivity contribution is 6.42. The fraction of sp³-hybridized carbons (Fsp3) is 0.333. The van der Waals surface area contributed by atoms with Crippen LogP contribution < -0.4 is 5.32 Å². The van der Waals surface area contributed by atoms with E-state index in [1.54, 1.807) is 19.2 Å². The average Bonchev–Trinajstić information content (AvgIpc) is 2.61. The van der Waals surface area contributed by atoms with Gasteiger partial charge in [-0.25, -0.2) is 0 Å². The van der Waals surface area contributed by atoms with Crippen LogP contribution in [0.15, 0.2) is 36.4 Å². The van der Waals surface area contributed by atoms with Gasteiger partial charge in [0.2, 0.25) is 11.8 Å². The number of anilines is 1.